The summed E-state index contributed by atoms with van der Waals surface area (Å²) >= 11 is 0. The van der Waals surface area contributed by atoms with Crippen LogP contribution in [0, 0.1) is 5.92 Å². The summed E-state index contributed by atoms with van der Waals surface area (Å²) in [5, 5.41) is 0. The predicted octanol–water partition coefficient (Wildman–Crippen LogP) is 4.09. The lowest BCUT2D eigenvalue weighted by atomic mass is 10.2. The fraction of sp³-hybridized carbons (Fsp3) is 0.538. The molecule has 1 heteroatoms. The number of hydrogen-bond donors (Lipinski definition) is 0. The van der Waals surface area contributed by atoms with Gasteiger partial charge in [-0.25, -0.2) is 0 Å². The monoisotopic (exact) mass is 194 g/mol. The van der Waals surface area contributed by atoms with Crippen LogP contribution in [0.25, 0.3) is 0 Å². The normalized spacial score (nSPS) is 12.6. The summed E-state index contributed by atoms with van der Waals surface area (Å²) in [4.78, 5) is 0. The van der Waals surface area contributed by atoms with Crippen LogP contribution in [0.5, 0.6) is 0 Å². The average Bonchev–Trinajstić information content (AvgIpc) is 2.15. The molecule has 80 valence electrons. The Hall–Kier alpha value is -0.980. The van der Waals surface area contributed by atoms with Crippen molar-refractivity contribution in [3.8, 4) is 0 Å². The van der Waals surface area contributed by atoms with Gasteiger partial charge in [-0.1, -0.05) is 51.5 Å². The number of ether oxygens (including phenoxy) is 1. The van der Waals surface area contributed by atoms with Crippen molar-refractivity contribution in [2.75, 3.05) is 6.61 Å². The molecule has 1 nitrogen and oxygen atoms in total. The van der Waals surface area contributed by atoms with Crippen LogP contribution in [0.4, 0.5) is 0 Å². The fourth-order valence-corrected chi connectivity index (χ4v) is 0.811. The van der Waals surface area contributed by atoms with Crippen molar-refractivity contribution in [3.05, 3.63) is 36.6 Å². The summed E-state index contributed by atoms with van der Waals surface area (Å²) in [5.41, 5.74) is 0. The Balaban J connectivity index is 3.41. The Morgan fingerprint density at radius 3 is 2.43 bits per heavy atom. The first-order chi connectivity index (χ1) is 6.77. The van der Waals surface area contributed by atoms with Crippen molar-refractivity contribution in [1.29, 1.82) is 0 Å². The molecule has 0 heterocycles. The molecule has 0 aromatic rings. The highest BCUT2D eigenvalue weighted by Gasteiger charge is 1.79. The minimum Gasteiger partial charge on any atom is -0.501 e. The number of rotatable bonds is 7. The first-order valence-corrected chi connectivity index (χ1v) is 5.39. The van der Waals surface area contributed by atoms with Gasteiger partial charge in [-0.2, -0.15) is 0 Å². The maximum absolute atomic E-state index is 5.25. The van der Waals surface area contributed by atoms with E-state index in [2.05, 4.69) is 32.9 Å². The van der Waals surface area contributed by atoms with Crippen LogP contribution in [-0.4, -0.2) is 6.61 Å². The van der Waals surface area contributed by atoms with Gasteiger partial charge in [0.25, 0.3) is 0 Å². The lowest BCUT2D eigenvalue weighted by Gasteiger charge is -1.95. The van der Waals surface area contributed by atoms with Crippen LogP contribution in [0.3, 0.4) is 0 Å². The smallest absolute Gasteiger partial charge is 0.0873 e. The summed E-state index contributed by atoms with van der Waals surface area (Å²) in [6.45, 7) is 7.30. The second-order valence-electron chi connectivity index (χ2n) is 3.57. The van der Waals surface area contributed by atoms with Crippen LogP contribution in [0.2, 0.25) is 0 Å². The summed E-state index contributed by atoms with van der Waals surface area (Å²) in [5.74, 6) is 0.615. The van der Waals surface area contributed by atoms with Crippen LogP contribution >= 0.6 is 0 Å². The summed E-state index contributed by atoms with van der Waals surface area (Å²) < 4.78 is 5.25. The van der Waals surface area contributed by atoms with Gasteiger partial charge < -0.3 is 4.74 Å². The molecular formula is C13H22O. The van der Waals surface area contributed by atoms with Crippen LogP contribution < -0.4 is 0 Å². The largest absolute Gasteiger partial charge is 0.501 e. The fourth-order valence-electron chi connectivity index (χ4n) is 0.811. The van der Waals surface area contributed by atoms with Crippen LogP contribution in [0.15, 0.2) is 36.6 Å². The maximum Gasteiger partial charge on any atom is 0.0873 e. The van der Waals surface area contributed by atoms with Crippen molar-refractivity contribution in [1.82, 2.24) is 0 Å². The minimum absolute atomic E-state index is 0.615. The average molecular weight is 194 g/mol. The Bertz CT molecular complexity index is 187. The van der Waals surface area contributed by atoms with Gasteiger partial charge in [-0.05, 0) is 18.4 Å². The van der Waals surface area contributed by atoms with E-state index in [0.29, 0.717) is 5.92 Å². The van der Waals surface area contributed by atoms with E-state index in [4.69, 9.17) is 4.74 Å². The van der Waals surface area contributed by atoms with E-state index in [1.165, 1.54) is 6.42 Å². The van der Waals surface area contributed by atoms with Gasteiger partial charge in [-0.15, -0.1) is 0 Å². The third-order valence-electron chi connectivity index (χ3n) is 1.62. The highest BCUT2D eigenvalue weighted by atomic mass is 16.5. The highest BCUT2D eigenvalue weighted by molar-refractivity contribution is 5.10. The summed E-state index contributed by atoms with van der Waals surface area (Å²) in [6, 6.07) is 0. The van der Waals surface area contributed by atoms with E-state index in [0.717, 1.165) is 13.0 Å². The van der Waals surface area contributed by atoms with Gasteiger partial charge in [0.05, 0.1) is 12.9 Å². The molecule has 0 saturated heterocycles. The molecule has 0 aromatic heterocycles. The van der Waals surface area contributed by atoms with Crippen molar-refractivity contribution in [2.24, 2.45) is 5.92 Å². The molecule has 0 bridgehead atoms. The van der Waals surface area contributed by atoms with E-state index >= 15 is 0 Å². The van der Waals surface area contributed by atoms with Crippen molar-refractivity contribution in [3.63, 3.8) is 0 Å². The topological polar surface area (TPSA) is 9.23 Å². The van der Waals surface area contributed by atoms with Gasteiger partial charge in [-0.3, -0.25) is 0 Å². The SMILES string of the molecule is CCCCOC=CC=CC=CC(C)C. The molecule has 0 amide bonds. The Morgan fingerprint density at radius 2 is 1.79 bits per heavy atom. The molecule has 0 aliphatic carbocycles. The minimum atomic E-state index is 0.615. The van der Waals surface area contributed by atoms with E-state index in [1.807, 2.05) is 18.2 Å². The zero-order valence-corrected chi connectivity index (χ0v) is 9.57. The Kier molecular flexibility index (Phi) is 9.40. The molecule has 0 aliphatic heterocycles. The molecule has 0 atom stereocenters. The molecule has 0 radical (unpaired) electrons. The first-order valence-electron chi connectivity index (χ1n) is 5.39. The van der Waals surface area contributed by atoms with Crippen LogP contribution in [-0.2, 0) is 4.74 Å². The van der Waals surface area contributed by atoms with Crippen molar-refractivity contribution >= 4 is 0 Å². The molecule has 0 saturated carbocycles. The lowest BCUT2D eigenvalue weighted by molar-refractivity contribution is 0.244. The molecule has 0 unspecified atom stereocenters. The van der Waals surface area contributed by atoms with Crippen LogP contribution in [0.1, 0.15) is 33.6 Å². The number of hydrogen-bond acceptors (Lipinski definition) is 1. The molecule has 0 rings (SSSR count). The van der Waals surface area contributed by atoms with Gasteiger partial charge in [0, 0.05) is 0 Å². The van der Waals surface area contributed by atoms with Crippen molar-refractivity contribution in [2.45, 2.75) is 33.6 Å². The van der Waals surface area contributed by atoms with Gasteiger partial charge >= 0.3 is 0 Å². The second kappa shape index (κ2) is 10.1. The first kappa shape index (κ1) is 13.0. The molecule has 0 spiro atoms. The molecule has 0 fully saturated rings. The van der Waals surface area contributed by atoms with E-state index in [9.17, 15) is 0 Å². The molecule has 14 heavy (non-hydrogen) atoms. The number of unbranched alkanes of at least 4 members (excludes halogenated alkanes) is 1. The van der Waals surface area contributed by atoms with E-state index in [1.54, 1.807) is 6.26 Å². The van der Waals surface area contributed by atoms with Crippen molar-refractivity contribution < 1.29 is 4.74 Å². The molecular weight excluding hydrogens is 172 g/mol. The zero-order valence-electron chi connectivity index (χ0n) is 9.57. The van der Waals surface area contributed by atoms with Gasteiger partial charge in [0.15, 0.2) is 0 Å². The Labute approximate surface area is 88.2 Å². The highest BCUT2D eigenvalue weighted by Crippen LogP contribution is 1.93. The molecule has 0 N–H and O–H groups in total. The predicted molar refractivity (Wildman–Crippen MR) is 63.1 cm³/mol. The lowest BCUT2D eigenvalue weighted by Crippen LogP contribution is -1.84. The van der Waals surface area contributed by atoms with E-state index < -0.39 is 0 Å². The summed E-state index contributed by atoms with van der Waals surface area (Å²) in [7, 11) is 0. The summed E-state index contributed by atoms with van der Waals surface area (Å²) in [6.07, 6.45) is 14.2. The second-order valence-corrected chi connectivity index (χ2v) is 3.57. The quantitative estimate of drug-likeness (QED) is 0.337. The maximum atomic E-state index is 5.25. The standard InChI is InChI=1S/C13H22O/c1-4-5-11-14-12-9-7-6-8-10-13(2)3/h6-10,12-13H,4-5,11H2,1-3H3. The third-order valence-corrected chi connectivity index (χ3v) is 1.62. The zero-order chi connectivity index (χ0) is 10.6. The third kappa shape index (κ3) is 11.0. The van der Waals surface area contributed by atoms with Gasteiger partial charge in [0.1, 0.15) is 0 Å². The van der Waals surface area contributed by atoms with Gasteiger partial charge in [0.2, 0.25) is 0 Å². The molecule has 0 aromatic carbocycles. The number of allylic oxidation sites excluding steroid dienone is 5. The van der Waals surface area contributed by atoms with E-state index in [-0.39, 0.29) is 0 Å². The Morgan fingerprint density at radius 1 is 1.07 bits per heavy atom. The molecule has 0 aliphatic rings.